The Kier molecular flexibility index (Phi) is 5.68. The molecule has 0 bridgehead atoms. The Morgan fingerprint density at radius 3 is 2.50 bits per heavy atom. The van der Waals surface area contributed by atoms with Crippen LogP contribution in [0.1, 0.15) is 23.1 Å². The van der Waals surface area contributed by atoms with Crippen LogP contribution < -0.4 is 21.0 Å². The number of carbonyl (C=O) groups is 1. The first-order valence-electron chi connectivity index (χ1n) is 9.09. The van der Waals surface area contributed by atoms with Gasteiger partial charge in [-0.05, 0) is 54.8 Å². The van der Waals surface area contributed by atoms with Gasteiger partial charge in [-0.1, -0.05) is 12.1 Å². The average molecular weight is 380 g/mol. The lowest BCUT2D eigenvalue weighted by Crippen LogP contribution is -2.28. The zero-order chi connectivity index (χ0) is 20.3. The highest BCUT2D eigenvalue weighted by molar-refractivity contribution is 5.84. The molecule has 0 atom stereocenters. The molecular weight excluding hydrogens is 356 g/mol. The molecule has 0 fully saturated rings. The van der Waals surface area contributed by atoms with E-state index in [9.17, 15) is 9.59 Å². The lowest BCUT2D eigenvalue weighted by molar-refractivity contribution is -0.117. The van der Waals surface area contributed by atoms with E-state index in [2.05, 4.69) is 0 Å². The van der Waals surface area contributed by atoms with Crippen molar-refractivity contribution >= 4 is 22.6 Å². The van der Waals surface area contributed by atoms with Gasteiger partial charge in [0, 0.05) is 36.7 Å². The van der Waals surface area contributed by atoms with Crippen LogP contribution in [0.15, 0.2) is 51.7 Å². The van der Waals surface area contributed by atoms with Gasteiger partial charge in [-0.15, -0.1) is 0 Å². The van der Waals surface area contributed by atoms with Gasteiger partial charge in [0.25, 0.3) is 0 Å². The first-order chi connectivity index (χ1) is 13.4. The van der Waals surface area contributed by atoms with Gasteiger partial charge < -0.3 is 19.8 Å². The number of anilines is 1. The minimum Gasteiger partial charge on any atom is -0.497 e. The molecule has 146 valence electrons. The zero-order valence-corrected chi connectivity index (χ0v) is 16.3. The summed E-state index contributed by atoms with van der Waals surface area (Å²) < 4.78 is 10.7. The summed E-state index contributed by atoms with van der Waals surface area (Å²) in [6.07, 6.45) is 0.212. The minimum absolute atomic E-state index is 0.212. The van der Waals surface area contributed by atoms with Crippen LogP contribution in [0.3, 0.4) is 0 Å². The summed E-state index contributed by atoms with van der Waals surface area (Å²) in [6, 6.07) is 13.1. The first kappa shape index (κ1) is 19.5. The van der Waals surface area contributed by atoms with E-state index in [0.717, 1.165) is 33.5 Å². The Hall–Kier alpha value is -3.28. The number of methoxy groups -OCH3 is 1. The molecule has 28 heavy (non-hydrogen) atoms. The number of nitrogens with zero attached hydrogens (tertiary/aromatic N) is 1. The molecule has 2 N–H and O–H groups in total. The molecule has 0 saturated heterocycles. The maximum absolute atomic E-state index is 12.2. The number of ether oxygens (including phenoxy) is 1. The van der Waals surface area contributed by atoms with Crippen LogP contribution in [-0.4, -0.2) is 19.6 Å². The molecular formula is C22H24N2O4. The SMILES string of the molecule is COc1ccc(N(CCC(N)=O)Cc2cc(=O)oc3c(C)c(C)ccc23)cc1. The van der Waals surface area contributed by atoms with Crippen LogP contribution in [0.2, 0.25) is 0 Å². The van der Waals surface area contributed by atoms with E-state index in [-0.39, 0.29) is 18.0 Å². The van der Waals surface area contributed by atoms with Crippen molar-refractivity contribution in [3.05, 3.63) is 69.6 Å². The van der Waals surface area contributed by atoms with Crippen LogP contribution in [-0.2, 0) is 11.3 Å². The topological polar surface area (TPSA) is 85.8 Å². The van der Waals surface area contributed by atoms with E-state index < -0.39 is 0 Å². The average Bonchev–Trinajstić information content (AvgIpc) is 2.68. The van der Waals surface area contributed by atoms with Crippen LogP contribution in [0, 0.1) is 13.8 Å². The van der Waals surface area contributed by atoms with Crippen molar-refractivity contribution in [3.8, 4) is 5.75 Å². The van der Waals surface area contributed by atoms with Crippen LogP contribution in [0.25, 0.3) is 11.0 Å². The van der Waals surface area contributed by atoms with Gasteiger partial charge in [-0.2, -0.15) is 0 Å². The molecule has 0 aliphatic carbocycles. The number of primary amides is 1. The number of carbonyl (C=O) groups excluding carboxylic acids is 1. The van der Waals surface area contributed by atoms with Crippen LogP contribution in [0.5, 0.6) is 5.75 Å². The molecule has 3 rings (SSSR count). The lowest BCUT2D eigenvalue weighted by atomic mass is 10.0. The van der Waals surface area contributed by atoms with Gasteiger partial charge in [0.05, 0.1) is 7.11 Å². The number of aryl methyl sites for hydroxylation is 2. The number of rotatable bonds is 7. The maximum atomic E-state index is 12.2. The Bertz CT molecular complexity index is 1050. The summed E-state index contributed by atoms with van der Waals surface area (Å²) in [4.78, 5) is 25.5. The molecule has 0 spiro atoms. The summed E-state index contributed by atoms with van der Waals surface area (Å²) in [6.45, 7) is 4.81. The third-order valence-corrected chi connectivity index (χ3v) is 4.94. The minimum atomic E-state index is -0.388. The van der Waals surface area contributed by atoms with Crippen molar-refractivity contribution in [1.82, 2.24) is 0 Å². The van der Waals surface area contributed by atoms with Crippen molar-refractivity contribution < 1.29 is 13.9 Å². The van der Waals surface area contributed by atoms with Crippen molar-refractivity contribution in [2.45, 2.75) is 26.8 Å². The summed E-state index contributed by atoms with van der Waals surface area (Å²) in [5, 5.41) is 0.889. The number of fused-ring (bicyclic) bond motifs is 1. The van der Waals surface area contributed by atoms with Crippen molar-refractivity contribution in [1.29, 1.82) is 0 Å². The third-order valence-electron chi connectivity index (χ3n) is 4.94. The molecule has 6 heteroatoms. The molecule has 1 aromatic heterocycles. The summed E-state index contributed by atoms with van der Waals surface area (Å²) >= 11 is 0. The van der Waals surface area contributed by atoms with Gasteiger partial charge in [-0.25, -0.2) is 4.79 Å². The van der Waals surface area contributed by atoms with E-state index in [0.29, 0.717) is 18.7 Å². The number of amides is 1. The number of benzene rings is 2. The smallest absolute Gasteiger partial charge is 0.336 e. The molecule has 0 aliphatic rings. The van der Waals surface area contributed by atoms with Crippen LogP contribution in [0.4, 0.5) is 5.69 Å². The maximum Gasteiger partial charge on any atom is 0.336 e. The summed E-state index contributed by atoms with van der Waals surface area (Å²) in [5.74, 6) is 0.373. The Balaban J connectivity index is 2.03. The molecule has 0 saturated carbocycles. The van der Waals surface area contributed by atoms with Gasteiger partial charge in [0.15, 0.2) is 0 Å². The first-order valence-corrected chi connectivity index (χ1v) is 9.09. The highest BCUT2D eigenvalue weighted by Crippen LogP contribution is 2.26. The van der Waals surface area contributed by atoms with Crippen LogP contribution >= 0.6 is 0 Å². The van der Waals surface area contributed by atoms with Crippen molar-refractivity contribution in [2.24, 2.45) is 5.73 Å². The predicted molar refractivity (Wildman–Crippen MR) is 110 cm³/mol. The molecule has 2 aromatic carbocycles. The lowest BCUT2D eigenvalue weighted by Gasteiger charge is -2.25. The van der Waals surface area contributed by atoms with E-state index in [1.165, 1.54) is 6.07 Å². The second-order valence-corrected chi connectivity index (χ2v) is 6.81. The standard InChI is InChI=1S/C22H24N2O4/c1-14-4-9-19-16(12-21(26)28-22(19)15(14)2)13-24(11-10-20(23)25)17-5-7-18(27-3)8-6-17/h4-9,12H,10-11,13H2,1-3H3,(H2,23,25). The Morgan fingerprint density at radius 1 is 1.14 bits per heavy atom. The molecule has 0 unspecified atom stereocenters. The quantitative estimate of drug-likeness (QED) is 0.636. The van der Waals surface area contributed by atoms with Crippen molar-refractivity contribution in [2.75, 3.05) is 18.6 Å². The Labute approximate surface area is 163 Å². The number of hydrogen-bond donors (Lipinski definition) is 1. The molecule has 1 amide bonds. The largest absolute Gasteiger partial charge is 0.497 e. The molecule has 0 radical (unpaired) electrons. The number of nitrogens with two attached hydrogens (primary N) is 1. The van der Waals surface area contributed by atoms with E-state index in [4.69, 9.17) is 14.9 Å². The highest BCUT2D eigenvalue weighted by Gasteiger charge is 2.14. The Morgan fingerprint density at radius 2 is 1.86 bits per heavy atom. The predicted octanol–water partition coefficient (Wildman–Crippen LogP) is 3.30. The second kappa shape index (κ2) is 8.17. The van der Waals surface area contributed by atoms with Gasteiger partial charge in [-0.3, -0.25) is 4.79 Å². The molecule has 3 aromatic rings. The summed E-state index contributed by atoms with van der Waals surface area (Å²) in [7, 11) is 1.61. The van der Waals surface area contributed by atoms with E-state index >= 15 is 0 Å². The fraction of sp³-hybridized carbons (Fsp3) is 0.273. The van der Waals surface area contributed by atoms with Crippen molar-refractivity contribution in [3.63, 3.8) is 0 Å². The summed E-state index contributed by atoms with van der Waals surface area (Å²) in [5.41, 5.74) is 9.34. The zero-order valence-electron chi connectivity index (χ0n) is 16.3. The molecule has 1 heterocycles. The van der Waals surface area contributed by atoms with Gasteiger partial charge in [0.2, 0.25) is 5.91 Å². The third kappa shape index (κ3) is 4.17. The number of hydrogen-bond acceptors (Lipinski definition) is 5. The molecule has 6 nitrogen and oxygen atoms in total. The normalized spacial score (nSPS) is 10.8. The molecule has 0 aliphatic heterocycles. The monoisotopic (exact) mass is 380 g/mol. The van der Waals surface area contributed by atoms with Gasteiger partial charge >= 0.3 is 5.63 Å². The highest BCUT2D eigenvalue weighted by atomic mass is 16.5. The fourth-order valence-electron chi connectivity index (χ4n) is 3.20. The van der Waals surface area contributed by atoms with E-state index in [1.54, 1.807) is 7.11 Å². The fourth-order valence-corrected chi connectivity index (χ4v) is 3.20. The van der Waals surface area contributed by atoms with Gasteiger partial charge in [0.1, 0.15) is 11.3 Å². The second-order valence-electron chi connectivity index (χ2n) is 6.81. The van der Waals surface area contributed by atoms with E-state index in [1.807, 2.05) is 55.1 Å².